The highest BCUT2D eigenvalue weighted by molar-refractivity contribution is 6.05. The first-order valence-electron chi connectivity index (χ1n) is 16.2. The molecule has 3 aliphatic carbocycles. The Labute approximate surface area is 277 Å². The number of carbonyl (C=O) groups is 2. The Hall–Kier alpha value is -3.74. The Kier molecular flexibility index (Phi) is 6.82. The molecule has 5 fully saturated rings. The number of benzene rings is 2. The summed E-state index contributed by atoms with van der Waals surface area (Å²) in [7, 11) is 0. The second kappa shape index (κ2) is 10.4. The molecule has 1 unspecified atom stereocenters. The Balaban J connectivity index is 1.33. The Morgan fingerprint density at radius 1 is 1.02 bits per heavy atom. The number of ketones is 1. The van der Waals surface area contributed by atoms with Crippen molar-refractivity contribution in [2.45, 2.75) is 73.6 Å². The van der Waals surface area contributed by atoms with Crippen molar-refractivity contribution in [1.29, 1.82) is 0 Å². The number of hydrogen-bond acceptors (Lipinski definition) is 10. The van der Waals surface area contributed by atoms with E-state index < -0.39 is 88.9 Å². The van der Waals surface area contributed by atoms with E-state index >= 15 is 0 Å². The number of epoxide rings is 1. The smallest absolute Gasteiger partial charge is 0.338 e. The van der Waals surface area contributed by atoms with Crippen LogP contribution in [0.25, 0.3) is 6.08 Å². The van der Waals surface area contributed by atoms with E-state index in [2.05, 4.69) is 6.58 Å². The normalized spacial score (nSPS) is 45.0. The van der Waals surface area contributed by atoms with E-state index in [9.17, 15) is 24.9 Å². The lowest BCUT2D eigenvalue weighted by Crippen LogP contribution is -2.76. The van der Waals surface area contributed by atoms with Gasteiger partial charge in [-0.05, 0) is 42.7 Å². The first-order valence-corrected chi connectivity index (χ1v) is 16.2. The van der Waals surface area contributed by atoms with E-state index in [0.717, 1.165) is 5.56 Å². The summed E-state index contributed by atoms with van der Waals surface area (Å²) in [6.07, 6.45) is 3.89. The van der Waals surface area contributed by atoms with Crippen molar-refractivity contribution < 1.29 is 48.6 Å². The second-order valence-corrected chi connectivity index (χ2v) is 13.9. The molecule has 3 heterocycles. The summed E-state index contributed by atoms with van der Waals surface area (Å²) in [6, 6.07) is 18.2. The zero-order valence-corrected chi connectivity index (χ0v) is 26.8. The van der Waals surface area contributed by atoms with Crippen LogP contribution < -0.4 is 0 Å². The van der Waals surface area contributed by atoms with Crippen LogP contribution in [-0.4, -0.2) is 86.5 Å². The number of hydrogen-bond donors (Lipinski definition) is 3. The molecule has 3 bridgehead atoms. The van der Waals surface area contributed by atoms with Gasteiger partial charge in [0.1, 0.15) is 30.0 Å². The van der Waals surface area contributed by atoms with E-state index in [1.807, 2.05) is 43.3 Å². The van der Waals surface area contributed by atoms with Gasteiger partial charge in [-0.2, -0.15) is 0 Å². The molecule has 6 aliphatic rings. The van der Waals surface area contributed by atoms with E-state index in [0.29, 0.717) is 11.1 Å². The van der Waals surface area contributed by atoms with E-state index in [1.54, 1.807) is 68.5 Å². The average molecular weight is 655 g/mol. The van der Waals surface area contributed by atoms with Crippen LogP contribution in [0.15, 0.2) is 103 Å². The van der Waals surface area contributed by atoms with Crippen LogP contribution in [0.3, 0.4) is 0 Å². The monoisotopic (exact) mass is 654 g/mol. The van der Waals surface area contributed by atoms with Crippen molar-refractivity contribution in [2.75, 3.05) is 6.61 Å². The van der Waals surface area contributed by atoms with Crippen molar-refractivity contribution in [2.24, 2.45) is 17.8 Å². The molecule has 250 valence electrons. The van der Waals surface area contributed by atoms with E-state index in [4.69, 9.17) is 23.7 Å². The summed E-state index contributed by atoms with van der Waals surface area (Å²) in [5, 5.41) is 35.0. The molecule has 0 spiro atoms. The average Bonchev–Trinajstić information content (AvgIpc) is 3.72. The van der Waals surface area contributed by atoms with Crippen LogP contribution in [0.4, 0.5) is 0 Å². The predicted octanol–water partition coefficient (Wildman–Crippen LogP) is 3.28. The number of aliphatic hydroxyl groups excluding tert-OH is 2. The first-order chi connectivity index (χ1) is 22.9. The minimum atomic E-state index is -2.43. The summed E-state index contributed by atoms with van der Waals surface area (Å²) in [5.74, 6) is -5.96. The number of aliphatic hydroxyl groups is 3. The molecule has 0 radical (unpaired) electrons. The minimum absolute atomic E-state index is 0.224. The van der Waals surface area contributed by atoms with Gasteiger partial charge in [-0.1, -0.05) is 86.3 Å². The van der Waals surface area contributed by atoms with Gasteiger partial charge in [-0.25, -0.2) is 4.79 Å². The van der Waals surface area contributed by atoms with Crippen molar-refractivity contribution in [3.63, 3.8) is 0 Å². The number of ether oxygens (including phenoxy) is 5. The number of fused-ring (bicyclic) bond motifs is 3. The highest BCUT2D eigenvalue weighted by Gasteiger charge is 2.90. The summed E-state index contributed by atoms with van der Waals surface area (Å²) in [6.45, 7) is 8.78. The number of rotatable bonds is 7. The molecule has 2 aromatic rings. The maximum absolute atomic E-state index is 13.9. The summed E-state index contributed by atoms with van der Waals surface area (Å²) >= 11 is 0. The first kappa shape index (κ1) is 31.5. The number of Topliss-reactive ketones (excluding diaryl/α,β-unsaturated/α-hetero) is 1. The topological polar surface area (TPSA) is 144 Å². The largest absolute Gasteiger partial charge is 0.455 e. The van der Waals surface area contributed by atoms with Crippen molar-refractivity contribution in [3.8, 4) is 0 Å². The lowest BCUT2D eigenvalue weighted by molar-refractivity contribution is -0.407. The molecule has 3 saturated heterocycles. The van der Waals surface area contributed by atoms with Gasteiger partial charge in [0, 0.05) is 23.8 Å². The molecule has 3 N–H and O–H groups in total. The molecule has 0 aromatic heterocycles. The number of esters is 1. The molecular formula is C38H38O10. The molecule has 2 aromatic carbocycles. The van der Waals surface area contributed by atoms with Gasteiger partial charge >= 0.3 is 11.9 Å². The lowest BCUT2D eigenvalue weighted by atomic mass is 9.53. The van der Waals surface area contributed by atoms with Gasteiger partial charge < -0.3 is 39.0 Å². The molecule has 10 nitrogen and oxygen atoms in total. The highest BCUT2D eigenvalue weighted by Crippen LogP contribution is 2.73. The minimum Gasteiger partial charge on any atom is -0.455 e. The maximum Gasteiger partial charge on any atom is 0.338 e. The lowest BCUT2D eigenvalue weighted by Gasteiger charge is -2.61. The van der Waals surface area contributed by atoms with Crippen molar-refractivity contribution in [3.05, 3.63) is 114 Å². The Morgan fingerprint density at radius 2 is 1.71 bits per heavy atom. The predicted molar refractivity (Wildman–Crippen MR) is 171 cm³/mol. The highest BCUT2D eigenvalue weighted by atomic mass is 16.9. The maximum atomic E-state index is 13.9. The Bertz CT molecular complexity index is 1790. The SMILES string of the molecule is C=C(C)[C@@]12OC3(/C=C/C=C/c4ccccc4)O[C@@H]1[C@@H]1[C@@H]4O[C@]4(CO)[C@@H](O)[C@]4(O)C(=O)C(C)=C[C@H]4[C@@]1(O3)[C@H](C)[C@H]2OC(=O)c1ccccc1. The number of carbonyl (C=O) groups excluding carboxylic acids is 2. The molecule has 8 rings (SSSR count). The van der Waals surface area contributed by atoms with Crippen molar-refractivity contribution in [1.82, 2.24) is 0 Å². The van der Waals surface area contributed by atoms with Crippen LogP contribution >= 0.6 is 0 Å². The van der Waals surface area contributed by atoms with Gasteiger partial charge in [0.25, 0.3) is 0 Å². The Morgan fingerprint density at radius 3 is 2.38 bits per heavy atom. The van der Waals surface area contributed by atoms with Crippen LogP contribution in [0.2, 0.25) is 0 Å². The van der Waals surface area contributed by atoms with Gasteiger partial charge in [-0.3, -0.25) is 4.79 Å². The van der Waals surface area contributed by atoms with Crippen molar-refractivity contribution >= 4 is 17.8 Å². The quantitative estimate of drug-likeness (QED) is 0.176. The third-order valence-electron chi connectivity index (χ3n) is 11.5. The zero-order chi connectivity index (χ0) is 33.9. The molecule has 48 heavy (non-hydrogen) atoms. The van der Waals surface area contributed by atoms with Crippen LogP contribution in [0, 0.1) is 17.8 Å². The van der Waals surface area contributed by atoms with Crippen LogP contribution in [0.5, 0.6) is 0 Å². The van der Waals surface area contributed by atoms with E-state index in [1.165, 1.54) is 0 Å². The zero-order valence-electron chi connectivity index (χ0n) is 26.8. The fourth-order valence-electron chi connectivity index (χ4n) is 9.29. The van der Waals surface area contributed by atoms with Crippen LogP contribution in [0.1, 0.15) is 36.7 Å². The van der Waals surface area contributed by atoms with Gasteiger partial charge in [0.2, 0.25) is 0 Å². The fourth-order valence-corrected chi connectivity index (χ4v) is 9.29. The van der Waals surface area contributed by atoms with E-state index in [-0.39, 0.29) is 5.57 Å². The van der Waals surface area contributed by atoms with Crippen LogP contribution in [-0.2, 0) is 28.5 Å². The molecule has 3 aliphatic heterocycles. The molecule has 2 saturated carbocycles. The molecule has 0 amide bonds. The standard InChI is InChI=1S/C38H38O10/c1-21(2)37-29(44-32(41)25-16-9-6-10-17-25)23(4)38-26-19-22(3)28(40)36(26,43)33(42)34(20-39)30(45-34)27(38)31(37)46-35(47-37,48-38)18-12-11-15-24-13-7-5-8-14-24/h5-19,23,26-27,29-31,33,39,42-43H,1,20H2,2-4H3/b15-11+,18-12+/t23-,26-,27+,29-,30+,31-,33-,34+,35?,36-,37+,38+/m1/s1. The number of allylic oxidation sites excluding steroid dienone is 2. The summed E-state index contributed by atoms with van der Waals surface area (Å²) in [4.78, 5) is 27.6. The summed E-state index contributed by atoms with van der Waals surface area (Å²) < 4.78 is 33.2. The van der Waals surface area contributed by atoms with Gasteiger partial charge in [0.15, 0.2) is 17.0 Å². The fraction of sp³-hybridized carbons (Fsp3) is 0.421. The second-order valence-electron chi connectivity index (χ2n) is 13.9. The third kappa shape index (κ3) is 3.82. The molecular weight excluding hydrogens is 616 g/mol. The molecule has 10 heteroatoms. The summed E-state index contributed by atoms with van der Waals surface area (Å²) in [5.41, 5.74) is -5.19. The van der Waals surface area contributed by atoms with Gasteiger partial charge in [-0.15, -0.1) is 0 Å². The third-order valence-corrected chi connectivity index (χ3v) is 11.5. The van der Waals surface area contributed by atoms with Gasteiger partial charge in [0.05, 0.1) is 17.8 Å². The molecule has 12 atom stereocenters.